The molecule has 0 aromatic heterocycles. The Morgan fingerprint density at radius 2 is 1.86 bits per heavy atom. The van der Waals surface area contributed by atoms with Crippen LogP contribution < -0.4 is 5.32 Å². The first-order chi connectivity index (χ1) is 10.1. The van der Waals surface area contributed by atoms with Gasteiger partial charge >= 0.3 is 0 Å². The second-order valence-electron chi connectivity index (χ2n) is 4.95. The van der Waals surface area contributed by atoms with Gasteiger partial charge in [-0.05, 0) is 42.2 Å². The minimum atomic E-state index is -0.300. The maximum atomic E-state index is 13.4. The molecule has 110 valence electrons. The molecule has 0 heterocycles. The Labute approximate surface area is 122 Å². The zero-order valence-electron chi connectivity index (χ0n) is 11.8. The maximum Gasteiger partial charge on any atom is 0.220 e. The summed E-state index contributed by atoms with van der Waals surface area (Å²) in [7, 11) is 0. The summed E-state index contributed by atoms with van der Waals surface area (Å²) in [4.78, 5) is 11.7. The molecule has 0 saturated carbocycles. The summed E-state index contributed by atoms with van der Waals surface area (Å²) in [6, 6.07) is 11.3. The van der Waals surface area contributed by atoms with E-state index in [1.165, 1.54) is 12.1 Å². The van der Waals surface area contributed by atoms with Crippen molar-refractivity contribution in [3.63, 3.8) is 0 Å². The molecule has 0 aliphatic carbocycles. The fraction of sp³-hybridized carbons (Fsp3) is 0.235. The highest BCUT2D eigenvalue weighted by atomic mass is 19.1. The van der Waals surface area contributed by atoms with E-state index in [1.807, 2.05) is 0 Å². The Morgan fingerprint density at radius 1 is 1.10 bits per heavy atom. The van der Waals surface area contributed by atoms with Gasteiger partial charge in [-0.25, -0.2) is 8.78 Å². The lowest BCUT2D eigenvalue weighted by Crippen LogP contribution is -2.23. The van der Waals surface area contributed by atoms with E-state index in [0.717, 1.165) is 0 Å². The van der Waals surface area contributed by atoms with Crippen LogP contribution >= 0.6 is 0 Å². The zero-order chi connectivity index (χ0) is 15.2. The van der Waals surface area contributed by atoms with Gasteiger partial charge in [-0.2, -0.15) is 0 Å². The molecule has 2 aromatic carbocycles. The molecule has 2 aromatic rings. The Morgan fingerprint density at radius 3 is 2.57 bits per heavy atom. The van der Waals surface area contributed by atoms with E-state index in [1.54, 1.807) is 37.3 Å². The summed E-state index contributed by atoms with van der Waals surface area (Å²) in [6.07, 6.45) is 0.552. The first kappa shape index (κ1) is 15.2. The van der Waals surface area contributed by atoms with Crippen molar-refractivity contribution in [2.75, 3.05) is 0 Å². The quantitative estimate of drug-likeness (QED) is 0.896. The summed E-state index contributed by atoms with van der Waals surface area (Å²) in [6.45, 7) is 1.96. The van der Waals surface area contributed by atoms with Gasteiger partial charge in [-0.3, -0.25) is 4.79 Å². The fourth-order valence-electron chi connectivity index (χ4n) is 1.98. The highest BCUT2D eigenvalue weighted by Gasteiger charge is 2.06. The molecule has 0 radical (unpaired) electrons. The number of amides is 1. The van der Waals surface area contributed by atoms with Crippen LogP contribution in [0.5, 0.6) is 0 Å². The maximum absolute atomic E-state index is 13.4. The van der Waals surface area contributed by atoms with Gasteiger partial charge in [-0.15, -0.1) is 0 Å². The van der Waals surface area contributed by atoms with Gasteiger partial charge in [-0.1, -0.05) is 30.3 Å². The lowest BCUT2D eigenvalue weighted by atomic mass is 10.1. The molecule has 0 fully saturated rings. The molecular formula is C17H17F2NO. The molecule has 0 atom stereocenters. The van der Waals surface area contributed by atoms with Crippen molar-refractivity contribution in [1.29, 1.82) is 0 Å². The van der Waals surface area contributed by atoms with Crippen molar-refractivity contribution in [3.8, 4) is 0 Å². The van der Waals surface area contributed by atoms with Gasteiger partial charge in [0.1, 0.15) is 11.6 Å². The second-order valence-corrected chi connectivity index (χ2v) is 4.95. The van der Waals surface area contributed by atoms with E-state index in [4.69, 9.17) is 0 Å². The number of carbonyl (C=O) groups is 1. The molecule has 1 amide bonds. The van der Waals surface area contributed by atoms with Crippen molar-refractivity contribution in [2.24, 2.45) is 0 Å². The van der Waals surface area contributed by atoms with E-state index in [2.05, 4.69) is 5.32 Å². The average molecular weight is 289 g/mol. The Bertz CT molecular complexity index is 640. The number of aryl methyl sites for hydroxylation is 2. The van der Waals surface area contributed by atoms with E-state index in [0.29, 0.717) is 23.1 Å². The standard InChI is InChI=1S/C17H17F2NO/c1-12-6-7-13(10-16(12)19)11-20-17(21)9-8-14-4-2-3-5-15(14)18/h2-7,10H,8-9,11H2,1H3,(H,20,21). The number of rotatable bonds is 5. The monoisotopic (exact) mass is 289 g/mol. The molecular weight excluding hydrogens is 272 g/mol. The van der Waals surface area contributed by atoms with Crippen molar-refractivity contribution < 1.29 is 13.6 Å². The van der Waals surface area contributed by atoms with Crippen LogP contribution in [-0.2, 0) is 17.8 Å². The van der Waals surface area contributed by atoms with E-state index in [-0.39, 0.29) is 30.5 Å². The molecule has 4 heteroatoms. The summed E-state index contributed by atoms with van der Waals surface area (Å²) in [5.74, 6) is -0.766. The summed E-state index contributed by atoms with van der Waals surface area (Å²) in [5.41, 5.74) is 1.80. The predicted molar refractivity (Wildman–Crippen MR) is 77.7 cm³/mol. The average Bonchev–Trinajstić information content (AvgIpc) is 2.47. The molecule has 0 aliphatic heterocycles. The summed E-state index contributed by atoms with van der Waals surface area (Å²) >= 11 is 0. The van der Waals surface area contributed by atoms with E-state index in [9.17, 15) is 13.6 Å². The minimum absolute atomic E-state index is 0.181. The van der Waals surface area contributed by atoms with Crippen molar-refractivity contribution in [2.45, 2.75) is 26.3 Å². The van der Waals surface area contributed by atoms with Crippen molar-refractivity contribution >= 4 is 5.91 Å². The van der Waals surface area contributed by atoms with Gasteiger partial charge in [0.05, 0.1) is 0 Å². The van der Waals surface area contributed by atoms with Crippen LogP contribution in [0.2, 0.25) is 0 Å². The molecule has 0 aliphatic rings. The number of hydrogen-bond acceptors (Lipinski definition) is 1. The van der Waals surface area contributed by atoms with Gasteiger partial charge < -0.3 is 5.32 Å². The van der Waals surface area contributed by atoms with Gasteiger partial charge in [0.15, 0.2) is 0 Å². The molecule has 2 nitrogen and oxygen atoms in total. The van der Waals surface area contributed by atoms with Gasteiger partial charge in [0.25, 0.3) is 0 Å². The third-order valence-corrected chi connectivity index (χ3v) is 3.31. The fourth-order valence-corrected chi connectivity index (χ4v) is 1.98. The summed E-state index contributed by atoms with van der Waals surface area (Å²) < 4.78 is 26.8. The Balaban J connectivity index is 1.82. The van der Waals surface area contributed by atoms with Crippen LogP contribution in [0, 0.1) is 18.6 Å². The highest BCUT2D eigenvalue weighted by molar-refractivity contribution is 5.76. The number of nitrogens with one attached hydrogen (secondary N) is 1. The zero-order valence-corrected chi connectivity index (χ0v) is 11.8. The summed E-state index contributed by atoms with van der Waals surface area (Å²) in [5, 5.41) is 2.71. The topological polar surface area (TPSA) is 29.1 Å². The first-order valence-electron chi connectivity index (χ1n) is 6.81. The number of carbonyl (C=O) groups excluding carboxylic acids is 1. The largest absolute Gasteiger partial charge is 0.352 e. The number of benzene rings is 2. The molecule has 0 bridgehead atoms. The SMILES string of the molecule is Cc1ccc(CNC(=O)CCc2ccccc2F)cc1F. The minimum Gasteiger partial charge on any atom is -0.352 e. The molecule has 0 saturated heterocycles. The normalized spacial score (nSPS) is 10.4. The number of halogens is 2. The molecule has 0 unspecified atom stereocenters. The van der Waals surface area contributed by atoms with Crippen LogP contribution in [0.15, 0.2) is 42.5 Å². The van der Waals surface area contributed by atoms with Crippen LogP contribution in [-0.4, -0.2) is 5.91 Å². The molecule has 2 rings (SSSR count). The molecule has 1 N–H and O–H groups in total. The third kappa shape index (κ3) is 4.38. The van der Waals surface area contributed by atoms with E-state index < -0.39 is 0 Å². The lowest BCUT2D eigenvalue weighted by Gasteiger charge is -2.07. The van der Waals surface area contributed by atoms with Crippen molar-refractivity contribution in [3.05, 3.63) is 70.8 Å². The second kappa shape index (κ2) is 6.97. The van der Waals surface area contributed by atoms with E-state index >= 15 is 0 Å². The third-order valence-electron chi connectivity index (χ3n) is 3.31. The van der Waals surface area contributed by atoms with Crippen molar-refractivity contribution in [1.82, 2.24) is 5.32 Å². The highest BCUT2D eigenvalue weighted by Crippen LogP contribution is 2.10. The van der Waals surface area contributed by atoms with Crippen LogP contribution in [0.1, 0.15) is 23.1 Å². The van der Waals surface area contributed by atoms with Crippen LogP contribution in [0.3, 0.4) is 0 Å². The first-order valence-corrected chi connectivity index (χ1v) is 6.81. The predicted octanol–water partition coefficient (Wildman–Crippen LogP) is 3.52. The Kier molecular flexibility index (Phi) is 5.04. The van der Waals surface area contributed by atoms with Gasteiger partial charge in [0.2, 0.25) is 5.91 Å². The smallest absolute Gasteiger partial charge is 0.220 e. The Hall–Kier alpha value is -2.23. The lowest BCUT2D eigenvalue weighted by molar-refractivity contribution is -0.121. The van der Waals surface area contributed by atoms with Crippen LogP contribution in [0.4, 0.5) is 8.78 Å². The molecule has 0 spiro atoms. The molecule has 21 heavy (non-hydrogen) atoms. The number of hydrogen-bond donors (Lipinski definition) is 1. The van der Waals surface area contributed by atoms with Gasteiger partial charge in [0, 0.05) is 13.0 Å². The van der Waals surface area contributed by atoms with Crippen LogP contribution in [0.25, 0.3) is 0 Å².